The Labute approximate surface area is 259 Å². The summed E-state index contributed by atoms with van der Waals surface area (Å²) in [6.07, 6.45) is 1.00. The quantitative estimate of drug-likeness (QED) is 0.276. The number of likely N-dealkylation sites (tertiary alicyclic amines) is 1. The van der Waals surface area contributed by atoms with Crippen molar-refractivity contribution in [3.05, 3.63) is 65.7 Å². The topological polar surface area (TPSA) is 145 Å². The number of carbonyl (C=O) groups is 3. The first-order chi connectivity index (χ1) is 16.8. The molecule has 2 aromatic carbocycles. The molecule has 1 saturated heterocycles. The van der Waals surface area contributed by atoms with Crippen LogP contribution in [0.1, 0.15) is 50.8 Å². The zero-order chi connectivity index (χ0) is 26.5. The number of hydrogen-bond acceptors (Lipinski definition) is 7. The summed E-state index contributed by atoms with van der Waals surface area (Å²) in [7, 11) is -4.47. The third-order valence-electron chi connectivity index (χ3n) is 5.46. The zero-order valence-electron chi connectivity index (χ0n) is 21.4. The summed E-state index contributed by atoms with van der Waals surface area (Å²) in [6.45, 7) is 4.90. The number of rotatable bonds is 7. The smallest absolute Gasteiger partial charge is 0.748 e. The van der Waals surface area contributed by atoms with Gasteiger partial charge in [0, 0.05) is 5.69 Å². The number of nitrogens with one attached hydrogen (secondary N) is 2. The minimum Gasteiger partial charge on any atom is -0.748 e. The Bertz CT molecular complexity index is 1220. The van der Waals surface area contributed by atoms with Gasteiger partial charge < -0.3 is 24.8 Å². The molecule has 1 heterocycles. The van der Waals surface area contributed by atoms with Gasteiger partial charge in [-0.1, -0.05) is 42.5 Å². The Hall–Kier alpha value is -1.80. The van der Waals surface area contributed by atoms with E-state index in [0.717, 1.165) is 5.56 Å². The summed E-state index contributed by atoms with van der Waals surface area (Å²) in [5.41, 5.74) is 0.652. The van der Waals surface area contributed by atoms with E-state index in [-0.39, 0.29) is 75.2 Å². The van der Waals surface area contributed by atoms with Crippen LogP contribution in [-0.2, 0) is 30.2 Å². The molecule has 1 aliphatic heterocycles. The monoisotopic (exact) mass is 555 g/mol. The maximum atomic E-state index is 13.3. The van der Waals surface area contributed by atoms with Crippen molar-refractivity contribution in [2.75, 3.05) is 11.9 Å². The fourth-order valence-corrected chi connectivity index (χ4v) is 4.72. The van der Waals surface area contributed by atoms with Gasteiger partial charge in [-0.15, -0.1) is 0 Å². The molecule has 12 heteroatoms. The van der Waals surface area contributed by atoms with Crippen LogP contribution in [0.3, 0.4) is 0 Å². The van der Waals surface area contributed by atoms with Crippen LogP contribution in [-0.4, -0.2) is 54.0 Å². The van der Waals surface area contributed by atoms with Crippen LogP contribution in [0.2, 0.25) is 0 Å². The first-order valence-electron chi connectivity index (χ1n) is 11.5. The van der Waals surface area contributed by atoms with Crippen LogP contribution >= 0.6 is 0 Å². The van der Waals surface area contributed by atoms with Crippen LogP contribution in [0.15, 0.2) is 54.6 Å². The standard InChI is InChI=1S/C25H31N3O7S.K/c1-25(2,3)35-23(30)21-13-12-20(18-9-5-4-6-10-18)28(21)22(29)15-26-24(31)27-19-11-7-8-17(14-19)16-36(32,33)34;/h4-11,14,20-21H,12-13,15-16H2,1-3H3,(H2,26,27,31)(H,32,33,34);/q;+1/p-1/t20-,21+;/m1./s1. The van der Waals surface area contributed by atoms with Crippen molar-refractivity contribution in [2.45, 2.75) is 57.1 Å². The van der Waals surface area contributed by atoms with Crippen molar-refractivity contribution in [3.8, 4) is 0 Å². The van der Waals surface area contributed by atoms with Crippen LogP contribution in [0.4, 0.5) is 10.5 Å². The van der Waals surface area contributed by atoms with Gasteiger partial charge in [-0.2, -0.15) is 0 Å². The molecule has 3 amide bonds. The van der Waals surface area contributed by atoms with Gasteiger partial charge >= 0.3 is 63.4 Å². The molecule has 0 saturated carbocycles. The SMILES string of the molecule is CC(C)(C)OC(=O)[C@@H]1CC[C@H](c2ccccc2)N1C(=O)CNC(=O)Nc1cccc(CS(=O)(=O)[O-])c1.[K+]. The summed E-state index contributed by atoms with van der Waals surface area (Å²) in [5, 5.41) is 4.99. The van der Waals surface area contributed by atoms with Crippen molar-refractivity contribution in [1.82, 2.24) is 10.2 Å². The van der Waals surface area contributed by atoms with Crippen LogP contribution in [0, 0.1) is 0 Å². The summed E-state index contributed by atoms with van der Waals surface area (Å²) in [4.78, 5) is 40.0. The average molecular weight is 556 g/mol. The normalized spacial score (nSPS) is 17.5. The van der Waals surface area contributed by atoms with Crippen LogP contribution in [0.25, 0.3) is 0 Å². The van der Waals surface area contributed by atoms with E-state index in [9.17, 15) is 27.4 Å². The second-order valence-corrected chi connectivity index (χ2v) is 11.0. The number of urea groups is 1. The van der Waals surface area contributed by atoms with E-state index in [4.69, 9.17) is 4.74 Å². The minimum atomic E-state index is -4.47. The van der Waals surface area contributed by atoms with Crippen LogP contribution in [0.5, 0.6) is 0 Å². The van der Waals surface area contributed by atoms with Crippen molar-refractivity contribution in [3.63, 3.8) is 0 Å². The van der Waals surface area contributed by atoms with E-state index in [1.165, 1.54) is 29.2 Å². The summed E-state index contributed by atoms with van der Waals surface area (Å²) >= 11 is 0. The van der Waals surface area contributed by atoms with Gasteiger partial charge in [0.05, 0.1) is 28.5 Å². The van der Waals surface area contributed by atoms with Crippen LogP contribution < -0.4 is 62.0 Å². The van der Waals surface area contributed by atoms with Gasteiger partial charge in [-0.05, 0) is 56.9 Å². The molecule has 2 atom stereocenters. The number of anilines is 1. The van der Waals surface area contributed by atoms with E-state index in [0.29, 0.717) is 12.8 Å². The number of hydrogen-bond donors (Lipinski definition) is 2. The predicted octanol–water partition coefficient (Wildman–Crippen LogP) is -0.0687. The van der Waals surface area contributed by atoms with E-state index < -0.39 is 45.4 Å². The number of carbonyl (C=O) groups excluding carboxylic acids is 3. The number of ether oxygens (including phenoxy) is 1. The summed E-state index contributed by atoms with van der Waals surface area (Å²) in [6, 6.07) is 13.4. The molecular formula is C25H30KN3O7S. The van der Waals surface area contributed by atoms with Gasteiger partial charge in [0.2, 0.25) is 5.91 Å². The molecule has 0 unspecified atom stereocenters. The van der Waals surface area contributed by atoms with Gasteiger partial charge in [0.25, 0.3) is 0 Å². The maximum absolute atomic E-state index is 13.3. The van der Waals surface area contributed by atoms with E-state index in [2.05, 4.69) is 10.6 Å². The molecular weight excluding hydrogens is 525 g/mol. The fourth-order valence-electron chi connectivity index (χ4n) is 4.13. The number of benzene rings is 2. The van der Waals surface area contributed by atoms with Crippen molar-refractivity contribution < 1.29 is 83.5 Å². The molecule has 0 spiro atoms. The summed E-state index contributed by atoms with van der Waals surface area (Å²) < 4.78 is 38.5. The predicted molar refractivity (Wildman–Crippen MR) is 132 cm³/mol. The van der Waals surface area contributed by atoms with Gasteiger partial charge in [0.15, 0.2) is 0 Å². The number of amides is 3. The number of nitrogens with zero attached hydrogens (tertiary/aromatic N) is 1. The van der Waals surface area contributed by atoms with Gasteiger partial charge in [-0.3, -0.25) is 4.79 Å². The third-order valence-corrected chi connectivity index (χ3v) is 6.15. The van der Waals surface area contributed by atoms with E-state index in [1.54, 1.807) is 20.8 Å². The van der Waals surface area contributed by atoms with Gasteiger partial charge in [-0.25, -0.2) is 18.0 Å². The molecule has 2 N–H and O–H groups in total. The molecule has 1 fully saturated rings. The molecule has 0 aliphatic carbocycles. The molecule has 10 nitrogen and oxygen atoms in total. The molecule has 0 radical (unpaired) electrons. The molecule has 0 aromatic heterocycles. The Balaban J connectivity index is 0.00000481. The second-order valence-electron chi connectivity index (χ2n) is 9.56. The van der Waals surface area contributed by atoms with Crippen molar-refractivity contribution in [2.24, 2.45) is 0 Å². The number of esters is 1. The molecule has 2 aromatic rings. The Morgan fingerprint density at radius 2 is 1.73 bits per heavy atom. The van der Waals surface area contributed by atoms with E-state index in [1.807, 2.05) is 30.3 Å². The first-order valence-corrected chi connectivity index (χ1v) is 13.1. The van der Waals surface area contributed by atoms with Crippen molar-refractivity contribution >= 4 is 33.7 Å². The molecule has 1 aliphatic rings. The Kier molecular flexibility index (Phi) is 11.3. The average Bonchev–Trinajstić information content (AvgIpc) is 3.21. The molecule has 3 rings (SSSR count). The van der Waals surface area contributed by atoms with E-state index >= 15 is 0 Å². The van der Waals surface area contributed by atoms with Gasteiger partial charge in [0.1, 0.15) is 11.6 Å². The molecule has 194 valence electrons. The van der Waals surface area contributed by atoms with Crippen molar-refractivity contribution in [1.29, 1.82) is 0 Å². The summed E-state index contributed by atoms with van der Waals surface area (Å²) in [5.74, 6) is -1.65. The largest absolute Gasteiger partial charge is 1.00 e. The zero-order valence-corrected chi connectivity index (χ0v) is 25.3. The second kappa shape index (κ2) is 13.3. The first kappa shape index (κ1) is 31.4. The fraction of sp³-hybridized carbons (Fsp3) is 0.400. The third kappa shape index (κ3) is 9.78. The molecule has 0 bridgehead atoms. The minimum absolute atomic E-state index is 0. The maximum Gasteiger partial charge on any atom is 1.00 e. The molecule has 37 heavy (non-hydrogen) atoms. The Morgan fingerprint density at radius 3 is 2.35 bits per heavy atom. The Morgan fingerprint density at radius 1 is 1.05 bits per heavy atom.